The van der Waals surface area contributed by atoms with Crippen molar-refractivity contribution in [2.75, 3.05) is 0 Å². The molecule has 0 fully saturated rings. The van der Waals surface area contributed by atoms with Gasteiger partial charge >= 0.3 is 6.09 Å². The van der Waals surface area contributed by atoms with E-state index >= 15 is 0 Å². The summed E-state index contributed by atoms with van der Waals surface area (Å²) in [6, 6.07) is 0.204. The summed E-state index contributed by atoms with van der Waals surface area (Å²) in [7, 11) is 0. The fraction of sp³-hybridized carbons (Fsp3) is 0.769. The van der Waals surface area contributed by atoms with E-state index in [1.54, 1.807) is 0 Å². The number of nitrogens with one attached hydrogen (secondary N) is 2. The molecule has 0 aromatic heterocycles. The first kappa shape index (κ1) is 14.0. The molecular weight excluding hydrogens is 216 g/mol. The third-order valence-electron chi connectivity index (χ3n) is 2.73. The highest BCUT2D eigenvalue weighted by Gasteiger charge is 2.22. The van der Waals surface area contributed by atoms with Gasteiger partial charge in [-0.15, -0.1) is 0 Å². The summed E-state index contributed by atoms with van der Waals surface area (Å²) in [6.07, 6.45) is 4.90. The number of allylic oxidation sites excluding steroid dienone is 1. The Hall–Kier alpha value is -1.03. The monoisotopic (exact) mass is 240 g/mol. The molecule has 0 unspecified atom stereocenters. The molecule has 0 aromatic carbocycles. The lowest BCUT2D eigenvalue weighted by Crippen LogP contribution is -2.45. The van der Waals surface area contributed by atoms with E-state index in [2.05, 4.69) is 36.9 Å². The molecule has 2 atom stereocenters. The van der Waals surface area contributed by atoms with Gasteiger partial charge in [-0.25, -0.2) is 10.2 Å². The summed E-state index contributed by atoms with van der Waals surface area (Å²) >= 11 is 0. The maximum atomic E-state index is 11.4. The summed E-state index contributed by atoms with van der Waals surface area (Å²) < 4.78 is 5.14. The van der Waals surface area contributed by atoms with Crippen LogP contribution in [-0.2, 0) is 4.74 Å². The number of carbonyl (C=O) groups is 1. The Balaban J connectivity index is 2.25. The first-order chi connectivity index (χ1) is 7.78. The van der Waals surface area contributed by atoms with Gasteiger partial charge in [0.2, 0.25) is 0 Å². The number of hydrazine groups is 1. The quantitative estimate of drug-likeness (QED) is 0.589. The molecular formula is C13H24N2O2. The molecule has 2 N–H and O–H groups in total. The highest BCUT2D eigenvalue weighted by Crippen LogP contribution is 2.24. The average molecular weight is 240 g/mol. The van der Waals surface area contributed by atoms with Crippen LogP contribution in [0.5, 0.6) is 0 Å². The molecule has 0 bridgehead atoms. The third-order valence-corrected chi connectivity index (χ3v) is 2.73. The van der Waals surface area contributed by atoms with E-state index in [0.29, 0.717) is 11.8 Å². The van der Waals surface area contributed by atoms with E-state index in [9.17, 15) is 4.79 Å². The van der Waals surface area contributed by atoms with Gasteiger partial charge in [0.05, 0.1) is 0 Å². The van der Waals surface area contributed by atoms with Gasteiger partial charge in [0.15, 0.2) is 0 Å². The maximum Gasteiger partial charge on any atom is 0.422 e. The predicted octanol–water partition coefficient (Wildman–Crippen LogP) is 2.62. The van der Waals surface area contributed by atoms with Crippen LogP contribution in [0, 0.1) is 11.8 Å². The molecule has 1 aliphatic carbocycles. The topological polar surface area (TPSA) is 50.4 Å². The predicted molar refractivity (Wildman–Crippen MR) is 68.4 cm³/mol. The Morgan fingerprint density at radius 2 is 2.00 bits per heavy atom. The first-order valence-corrected chi connectivity index (χ1v) is 6.21. The summed E-state index contributed by atoms with van der Waals surface area (Å²) in [4.78, 5) is 11.4. The Labute approximate surface area is 104 Å². The van der Waals surface area contributed by atoms with Crippen molar-refractivity contribution in [1.82, 2.24) is 10.9 Å². The van der Waals surface area contributed by atoms with E-state index < -0.39 is 11.7 Å². The highest BCUT2D eigenvalue weighted by molar-refractivity contribution is 5.67. The third kappa shape index (κ3) is 5.22. The lowest BCUT2D eigenvalue weighted by atomic mass is 9.95. The first-order valence-electron chi connectivity index (χ1n) is 6.21. The molecule has 0 radical (unpaired) electrons. The number of amides is 1. The fourth-order valence-corrected chi connectivity index (χ4v) is 1.78. The minimum atomic E-state index is -0.461. The number of carbonyl (C=O) groups excluding carboxylic acids is 1. The molecule has 4 heteroatoms. The molecule has 1 rings (SSSR count). The van der Waals surface area contributed by atoms with Crippen LogP contribution >= 0.6 is 0 Å². The lowest BCUT2D eigenvalue weighted by Gasteiger charge is -2.21. The SMILES string of the molecule is CC(C)[C@H]1C=C[C@H](NNC(=O)OC(C)(C)C)C1. The molecule has 1 aliphatic rings. The molecule has 98 valence electrons. The molecule has 0 saturated heterocycles. The molecule has 0 aromatic rings. The second-order valence-corrected chi connectivity index (χ2v) is 5.91. The van der Waals surface area contributed by atoms with Crippen molar-refractivity contribution in [3.63, 3.8) is 0 Å². The van der Waals surface area contributed by atoms with Crippen LogP contribution in [0.2, 0.25) is 0 Å². The van der Waals surface area contributed by atoms with Crippen molar-refractivity contribution in [3.8, 4) is 0 Å². The van der Waals surface area contributed by atoms with Crippen molar-refractivity contribution >= 4 is 6.09 Å². The van der Waals surface area contributed by atoms with Crippen LogP contribution in [0.1, 0.15) is 41.0 Å². The van der Waals surface area contributed by atoms with E-state index in [4.69, 9.17) is 4.74 Å². The van der Waals surface area contributed by atoms with Gasteiger partial charge < -0.3 is 4.74 Å². The normalized spacial score (nSPS) is 24.1. The van der Waals surface area contributed by atoms with Gasteiger partial charge in [-0.3, -0.25) is 5.43 Å². The van der Waals surface area contributed by atoms with E-state index in [-0.39, 0.29) is 6.04 Å². The van der Waals surface area contributed by atoms with Crippen molar-refractivity contribution in [3.05, 3.63) is 12.2 Å². The zero-order chi connectivity index (χ0) is 13.1. The fourth-order valence-electron chi connectivity index (χ4n) is 1.78. The van der Waals surface area contributed by atoms with Gasteiger partial charge in [-0.05, 0) is 39.0 Å². The largest absolute Gasteiger partial charge is 0.443 e. The molecule has 0 spiro atoms. The summed E-state index contributed by atoms with van der Waals surface area (Å²) in [5.41, 5.74) is 5.10. The van der Waals surface area contributed by atoms with Crippen molar-refractivity contribution in [2.45, 2.75) is 52.7 Å². The van der Waals surface area contributed by atoms with E-state index in [1.165, 1.54) is 0 Å². The van der Waals surface area contributed by atoms with Crippen molar-refractivity contribution in [1.29, 1.82) is 0 Å². The zero-order valence-electron chi connectivity index (χ0n) is 11.4. The molecule has 0 aliphatic heterocycles. The van der Waals surface area contributed by atoms with E-state index in [1.807, 2.05) is 20.8 Å². The Bertz CT molecular complexity index is 292. The average Bonchev–Trinajstić information content (AvgIpc) is 2.60. The van der Waals surface area contributed by atoms with Gasteiger partial charge in [0, 0.05) is 6.04 Å². The van der Waals surface area contributed by atoms with Crippen LogP contribution in [0.4, 0.5) is 4.79 Å². The highest BCUT2D eigenvalue weighted by atomic mass is 16.6. The van der Waals surface area contributed by atoms with Gasteiger partial charge in [-0.1, -0.05) is 26.0 Å². The van der Waals surface area contributed by atoms with Gasteiger partial charge in [0.25, 0.3) is 0 Å². The van der Waals surface area contributed by atoms with Crippen LogP contribution in [0.15, 0.2) is 12.2 Å². The number of rotatable bonds is 3. The number of ether oxygens (including phenoxy) is 1. The Kier molecular flexibility index (Phi) is 4.57. The van der Waals surface area contributed by atoms with E-state index in [0.717, 1.165) is 6.42 Å². The summed E-state index contributed by atoms with van der Waals surface area (Å²) in [5, 5.41) is 0. The van der Waals surface area contributed by atoms with Crippen molar-refractivity contribution < 1.29 is 9.53 Å². The van der Waals surface area contributed by atoms with Gasteiger partial charge in [-0.2, -0.15) is 0 Å². The molecule has 1 amide bonds. The minimum absolute atomic E-state index is 0.204. The van der Waals surface area contributed by atoms with Gasteiger partial charge in [0.1, 0.15) is 5.60 Å². The second-order valence-electron chi connectivity index (χ2n) is 5.91. The molecule has 4 nitrogen and oxygen atoms in total. The summed E-state index contributed by atoms with van der Waals surface area (Å²) in [5.74, 6) is 1.23. The molecule has 0 heterocycles. The Morgan fingerprint density at radius 1 is 1.35 bits per heavy atom. The lowest BCUT2D eigenvalue weighted by molar-refractivity contribution is 0.0491. The second kappa shape index (κ2) is 5.54. The van der Waals surface area contributed by atoms with Crippen LogP contribution in [0.3, 0.4) is 0 Å². The standard InChI is InChI=1S/C13H24N2O2/c1-9(2)10-6-7-11(8-10)14-15-12(16)17-13(3,4)5/h6-7,9-11,14H,8H2,1-5H3,(H,15,16)/t10-,11-/m0/s1. The number of hydrogen-bond donors (Lipinski definition) is 2. The maximum absolute atomic E-state index is 11.4. The minimum Gasteiger partial charge on any atom is -0.443 e. The van der Waals surface area contributed by atoms with Crippen LogP contribution < -0.4 is 10.9 Å². The molecule has 0 saturated carbocycles. The molecule has 17 heavy (non-hydrogen) atoms. The van der Waals surface area contributed by atoms with Crippen LogP contribution in [0.25, 0.3) is 0 Å². The summed E-state index contributed by atoms with van der Waals surface area (Å²) in [6.45, 7) is 9.95. The smallest absolute Gasteiger partial charge is 0.422 e. The van der Waals surface area contributed by atoms with Crippen molar-refractivity contribution in [2.24, 2.45) is 11.8 Å². The zero-order valence-corrected chi connectivity index (χ0v) is 11.4. The van der Waals surface area contributed by atoms with Crippen LogP contribution in [-0.4, -0.2) is 17.7 Å². The number of hydrogen-bond acceptors (Lipinski definition) is 3. The Morgan fingerprint density at radius 3 is 2.47 bits per heavy atom.